The second kappa shape index (κ2) is 15.5. The Balaban J connectivity index is 1.57. The molecule has 1 N–H and O–H groups in total. The van der Waals surface area contributed by atoms with Crippen LogP contribution < -0.4 is 10.1 Å². The summed E-state index contributed by atoms with van der Waals surface area (Å²) in [6.45, 7) is 0.120. The molecule has 0 unspecified atom stereocenters. The van der Waals surface area contributed by atoms with Crippen LogP contribution in [-0.4, -0.2) is 78.5 Å². The molecule has 0 saturated carbocycles. The summed E-state index contributed by atoms with van der Waals surface area (Å²) in [6.07, 6.45) is -4.29. The quantitative estimate of drug-likeness (QED) is 0.200. The molecular weight excluding hydrogens is 711 g/mol. The smallest absolute Gasteiger partial charge is 0.410 e. The molecule has 3 aromatic rings. The standard InChI is InChI=1S/C33H38ClF5N4O6S/c1-5-43-28(24-14-11-21(15-25(24)49-30(35)36)16-32(2,3)33(37,38)39)26(34)27(41-43)29(44)40-17-22-12-13-23(50(4,46)47)18-42(22)31(45)48-19-20-9-7-6-8-10-20/h6-11,14-15,22-23,30H,5,12-13,16-19H2,1-4H3,(H,40,44)/t22-,23-/m0/s1. The number of hydrogen-bond donors (Lipinski definition) is 1. The van der Waals surface area contributed by atoms with Crippen molar-refractivity contribution in [2.45, 2.75) is 77.3 Å². The van der Waals surface area contributed by atoms with E-state index in [9.17, 15) is 40.0 Å². The van der Waals surface area contributed by atoms with Gasteiger partial charge in [0.2, 0.25) is 0 Å². The van der Waals surface area contributed by atoms with Crippen LogP contribution in [0.1, 0.15) is 55.2 Å². The molecule has 274 valence electrons. The Labute approximate surface area is 291 Å². The van der Waals surface area contributed by atoms with Gasteiger partial charge in [-0.2, -0.15) is 27.1 Å². The van der Waals surface area contributed by atoms with Crippen molar-refractivity contribution in [3.05, 3.63) is 70.4 Å². The number of benzene rings is 2. The van der Waals surface area contributed by atoms with Gasteiger partial charge in [-0.1, -0.05) is 61.8 Å². The van der Waals surface area contributed by atoms with E-state index in [0.717, 1.165) is 31.7 Å². The summed E-state index contributed by atoms with van der Waals surface area (Å²) in [5.74, 6) is -1.22. The zero-order valence-corrected chi connectivity index (χ0v) is 29.3. The summed E-state index contributed by atoms with van der Waals surface area (Å²) in [5.41, 5.74) is -1.64. The predicted molar refractivity (Wildman–Crippen MR) is 176 cm³/mol. The molecule has 4 rings (SSSR count). The van der Waals surface area contributed by atoms with Gasteiger partial charge in [0, 0.05) is 31.5 Å². The Morgan fingerprint density at radius 1 is 1.08 bits per heavy atom. The molecule has 50 heavy (non-hydrogen) atoms. The number of carbonyl (C=O) groups excluding carboxylic acids is 2. The van der Waals surface area contributed by atoms with Crippen LogP contribution in [0.4, 0.5) is 26.7 Å². The van der Waals surface area contributed by atoms with Gasteiger partial charge in [-0.25, -0.2) is 13.2 Å². The maximum Gasteiger partial charge on any atom is 0.410 e. The minimum atomic E-state index is -4.56. The van der Waals surface area contributed by atoms with E-state index in [4.69, 9.17) is 21.1 Å². The van der Waals surface area contributed by atoms with Crippen molar-refractivity contribution in [2.24, 2.45) is 5.41 Å². The number of amides is 2. The molecule has 1 saturated heterocycles. The van der Waals surface area contributed by atoms with Gasteiger partial charge in [-0.05, 0) is 49.4 Å². The van der Waals surface area contributed by atoms with Crippen LogP contribution in [0.2, 0.25) is 5.02 Å². The first-order valence-electron chi connectivity index (χ1n) is 15.7. The number of hydrogen-bond acceptors (Lipinski definition) is 7. The molecule has 0 bridgehead atoms. The van der Waals surface area contributed by atoms with Crippen LogP contribution in [0.25, 0.3) is 11.3 Å². The summed E-state index contributed by atoms with van der Waals surface area (Å²) in [5, 5.41) is 5.88. The van der Waals surface area contributed by atoms with E-state index in [1.54, 1.807) is 37.3 Å². The fourth-order valence-corrected chi connectivity index (χ4v) is 6.94. The van der Waals surface area contributed by atoms with Crippen molar-refractivity contribution in [1.82, 2.24) is 20.0 Å². The largest absolute Gasteiger partial charge is 0.445 e. The number of carbonyl (C=O) groups is 2. The Bertz CT molecular complexity index is 1790. The number of alkyl halides is 5. The van der Waals surface area contributed by atoms with E-state index < -0.39 is 63.5 Å². The van der Waals surface area contributed by atoms with Crippen LogP contribution in [0, 0.1) is 5.41 Å². The molecule has 2 atom stereocenters. The maximum atomic E-state index is 13.5. The van der Waals surface area contributed by atoms with Crippen LogP contribution in [0.15, 0.2) is 48.5 Å². The lowest BCUT2D eigenvalue weighted by atomic mass is 9.84. The summed E-state index contributed by atoms with van der Waals surface area (Å²) in [7, 11) is -3.50. The second-order valence-electron chi connectivity index (χ2n) is 12.7. The molecule has 17 heteroatoms. The molecule has 2 aromatic carbocycles. The third-order valence-corrected chi connectivity index (χ3v) is 10.5. The molecule has 1 aliphatic heterocycles. The van der Waals surface area contributed by atoms with E-state index in [-0.39, 0.29) is 66.6 Å². The lowest BCUT2D eigenvalue weighted by Crippen LogP contribution is -2.54. The molecule has 2 heterocycles. The first-order valence-corrected chi connectivity index (χ1v) is 18.0. The lowest BCUT2D eigenvalue weighted by Gasteiger charge is -2.38. The SMILES string of the molecule is CCn1nc(C(=O)NC[C@@H]2CC[C@H](S(C)(=O)=O)CN2C(=O)OCc2ccccc2)c(Cl)c1-c1ccc(CC(C)(C)C(F)(F)F)cc1OC(F)F. The summed E-state index contributed by atoms with van der Waals surface area (Å²) >= 11 is 6.63. The predicted octanol–water partition coefficient (Wildman–Crippen LogP) is 6.90. The molecule has 0 aliphatic carbocycles. The van der Waals surface area contributed by atoms with E-state index in [1.165, 1.54) is 21.7 Å². The average Bonchev–Trinajstić information content (AvgIpc) is 3.37. The van der Waals surface area contributed by atoms with Crippen molar-refractivity contribution in [3.8, 4) is 17.0 Å². The lowest BCUT2D eigenvalue weighted by molar-refractivity contribution is -0.211. The first kappa shape index (κ1) is 38.9. The average molecular weight is 749 g/mol. The highest BCUT2D eigenvalue weighted by atomic mass is 35.5. The van der Waals surface area contributed by atoms with Crippen molar-refractivity contribution < 1.29 is 49.4 Å². The third kappa shape index (κ3) is 9.24. The molecular formula is C33H38ClF5N4O6S. The van der Waals surface area contributed by atoms with Gasteiger partial charge in [-0.3, -0.25) is 9.48 Å². The van der Waals surface area contributed by atoms with Crippen LogP contribution >= 0.6 is 11.6 Å². The number of nitrogens with zero attached hydrogens (tertiary/aromatic N) is 3. The van der Waals surface area contributed by atoms with Crippen LogP contribution in [0.5, 0.6) is 5.75 Å². The van der Waals surface area contributed by atoms with E-state index in [0.29, 0.717) is 0 Å². The summed E-state index contributed by atoms with van der Waals surface area (Å²) in [6, 6.07) is 11.9. The number of nitrogens with one attached hydrogen (secondary N) is 1. The Hall–Kier alpha value is -3.92. The number of halogens is 6. The van der Waals surface area contributed by atoms with E-state index in [1.807, 2.05) is 0 Å². The van der Waals surface area contributed by atoms with Gasteiger partial charge in [0.1, 0.15) is 12.4 Å². The molecule has 2 amide bonds. The Kier molecular flexibility index (Phi) is 12.1. The topological polar surface area (TPSA) is 120 Å². The number of aryl methyl sites for hydroxylation is 1. The van der Waals surface area contributed by atoms with E-state index in [2.05, 4.69) is 10.4 Å². The molecule has 10 nitrogen and oxygen atoms in total. The number of sulfone groups is 1. The van der Waals surface area contributed by atoms with Crippen molar-refractivity contribution in [1.29, 1.82) is 0 Å². The normalized spacial score (nSPS) is 17.1. The number of ether oxygens (including phenoxy) is 2. The van der Waals surface area contributed by atoms with Gasteiger partial charge in [0.05, 0.1) is 27.4 Å². The number of likely N-dealkylation sites (tertiary alicyclic amines) is 1. The van der Waals surface area contributed by atoms with Gasteiger partial charge >= 0.3 is 18.9 Å². The molecule has 1 aliphatic rings. The summed E-state index contributed by atoms with van der Waals surface area (Å²) < 4.78 is 104. The van der Waals surface area contributed by atoms with Crippen molar-refractivity contribution in [2.75, 3.05) is 19.3 Å². The first-order chi connectivity index (χ1) is 23.3. The third-order valence-electron chi connectivity index (χ3n) is 8.55. The van der Waals surface area contributed by atoms with Crippen LogP contribution in [-0.2, 0) is 34.1 Å². The molecule has 1 aromatic heterocycles. The van der Waals surface area contributed by atoms with Crippen LogP contribution in [0.3, 0.4) is 0 Å². The van der Waals surface area contributed by atoms with E-state index >= 15 is 0 Å². The summed E-state index contributed by atoms with van der Waals surface area (Å²) in [4.78, 5) is 27.9. The zero-order valence-electron chi connectivity index (χ0n) is 27.8. The zero-order chi connectivity index (χ0) is 37.0. The van der Waals surface area contributed by atoms with Gasteiger partial charge in [0.15, 0.2) is 15.5 Å². The highest BCUT2D eigenvalue weighted by molar-refractivity contribution is 7.91. The second-order valence-corrected chi connectivity index (χ2v) is 15.4. The fraction of sp³-hybridized carbons (Fsp3) is 0.485. The minimum absolute atomic E-state index is 0.0244. The van der Waals surface area contributed by atoms with Gasteiger partial charge < -0.3 is 19.7 Å². The number of rotatable bonds is 12. The fourth-order valence-electron chi connectivity index (χ4n) is 5.62. The Morgan fingerprint density at radius 3 is 2.36 bits per heavy atom. The molecule has 1 fully saturated rings. The van der Waals surface area contributed by atoms with Gasteiger partial charge in [-0.15, -0.1) is 0 Å². The number of piperidine rings is 1. The maximum absolute atomic E-state index is 13.5. The number of aromatic nitrogens is 2. The highest BCUT2D eigenvalue weighted by Crippen LogP contribution is 2.43. The molecule has 0 spiro atoms. The molecule has 0 radical (unpaired) electrons. The Morgan fingerprint density at radius 2 is 1.76 bits per heavy atom. The van der Waals surface area contributed by atoms with Crippen molar-refractivity contribution in [3.63, 3.8) is 0 Å². The van der Waals surface area contributed by atoms with Crippen molar-refractivity contribution >= 4 is 33.4 Å². The monoisotopic (exact) mass is 748 g/mol. The highest BCUT2D eigenvalue weighted by Gasteiger charge is 2.47. The van der Waals surface area contributed by atoms with Gasteiger partial charge in [0.25, 0.3) is 5.91 Å². The minimum Gasteiger partial charge on any atom is -0.445 e.